The Bertz CT molecular complexity index is 795. The number of methoxy groups -OCH3 is 1. The van der Waals surface area contributed by atoms with Gasteiger partial charge in [0.05, 0.1) is 7.11 Å². The van der Waals surface area contributed by atoms with Crippen LogP contribution in [0.15, 0.2) is 35.1 Å². The van der Waals surface area contributed by atoms with Gasteiger partial charge in [0.15, 0.2) is 5.69 Å². The lowest BCUT2D eigenvalue weighted by molar-refractivity contribution is -0.141. The second kappa shape index (κ2) is 5.71. The van der Waals surface area contributed by atoms with Crippen molar-refractivity contribution in [2.24, 2.45) is 0 Å². The smallest absolute Gasteiger partial charge is 0.435 e. The van der Waals surface area contributed by atoms with Crippen LogP contribution in [0.1, 0.15) is 11.6 Å². The molecule has 0 aliphatic rings. The van der Waals surface area contributed by atoms with Crippen molar-refractivity contribution in [3.05, 3.63) is 42.2 Å². The van der Waals surface area contributed by atoms with Crippen molar-refractivity contribution in [2.45, 2.75) is 12.7 Å². The van der Waals surface area contributed by atoms with Crippen molar-refractivity contribution >= 4 is 0 Å². The summed E-state index contributed by atoms with van der Waals surface area (Å²) >= 11 is 0. The number of alkyl halides is 3. The number of hydrogen-bond acceptors (Lipinski definition) is 6. The minimum absolute atomic E-state index is 0.0628. The summed E-state index contributed by atoms with van der Waals surface area (Å²) in [5.74, 6) is 0.847. The summed E-state index contributed by atoms with van der Waals surface area (Å²) in [5.41, 5.74) is -0.381. The van der Waals surface area contributed by atoms with Crippen LogP contribution < -0.4 is 4.74 Å². The lowest BCUT2D eigenvalue weighted by Gasteiger charge is -2.00. The molecular formula is C13H10F3N5O2. The van der Waals surface area contributed by atoms with Gasteiger partial charge in [0.25, 0.3) is 0 Å². The van der Waals surface area contributed by atoms with Crippen LogP contribution >= 0.6 is 0 Å². The van der Waals surface area contributed by atoms with Crippen molar-refractivity contribution in [2.75, 3.05) is 7.11 Å². The maximum absolute atomic E-state index is 12.5. The lowest BCUT2D eigenvalue weighted by atomic mass is 10.3. The topological polar surface area (TPSA) is 78.9 Å². The van der Waals surface area contributed by atoms with Crippen LogP contribution in [0, 0.1) is 0 Å². The summed E-state index contributed by atoms with van der Waals surface area (Å²) in [6.45, 7) is -0.0628. The number of halogens is 3. The summed E-state index contributed by atoms with van der Waals surface area (Å²) < 4.78 is 48.5. The molecule has 3 aromatic rings. The minimum atomic E-state index is -4.49. The monoisotopic (exact) mass is 325 g/mol. The van der Waals surface area contributed by atoms with E-state index in [-0.39, 0.29) is 18.3 Å². The summed E-state index contributed by atoms with van der Waals surface area (Å²) in [6.07, 6.45) is -1.79. The van der Waals surface area contributed by atoms with Gasteiger partial charge < -0.3 is 9.26 Å². The molecular weight excluding hydrogens is 315 g/mol. The zero-order valence-electron chi connectivity index (χ0n) is 11.8. The quantitative estimate of drug-likeness (QED) is 0.733. The van der Waals surface area contributed by atoms with Gasteiger partial charge in [-0.05, 0) is 12.1 Å². The van der Waals surface area contributed by atoms with Crippen molar-refractivity contribution in [1.82, 2.24) is 24.9 Å². The van der Waals surface area contributed by atoms with Crippen molar-refractivity contribution < 1.29 is 22.4 Å². The van der Waals surface area contributed by atoms with Gasteiger partial charge in [-0.1, -0.05) is 5.16 Å². The fraction of sp³-hybridized carbons (Fsp3) is 0.231. The third-order valence-electron chi connectivity index (χ3n) is 2.90. The SMILES string of the molecule is COc1ccc(-c2noc(Cn3ccc(C(F)(F)F)n3)n2)cn1. The molecule has 0 aromatic carbocycles. The van der Waals surface area contributed by atoms with E-state index in [2.05, 4.69) is 20.2 Å². The van der Waals surface area contributed by atoms with E-state index >= 15 is 0 Å². The summed E-state index contributed by atoms with van der Waals surface area (Å²) in [5, 5.41) is 7.18. The first kappa shape index (κ1) is 15.0. The number of ether oxygens (including phenoxy) is 1. The number of rotatable bonds is 4. The van der Waals surface area contributed by atoms with E-state index in [1.807, 2.05) is 0 Å². The van der Waals surface area contributed by atoms with Gasteiger partial charge in [0.2, 0.25) is 17.6 Å². The first-order chi connectivity index (χ1) is 11.0. The molecule has 3 heterocycles. The molecule has 120 valence electrons. The van der Waals surface area contributed by atoms with E-state index in [0.717, 1.165) is 10.7 Å². The van der Waals surface area contributed by atoms with Crippen molar-refractivity contribution in [3.8, 4) is 17.3 Å². The lowest BCUT2D eigenvalue weighted by Crippen LogP contribution is -2.08. The first-order valence-corrected chi connectivity index (χ1v) is 6.39. The molecule has 0 bridgehead atoms. The summed E-state index contributed by atoms with van der Waals surface area (Å²) in [4.78, 5) is 8.11. The number of nitrogens with zero attached hydrogens (tertiary/aromatic N) is 5. The molecule has 0 atom stereocenters. The molecule has 0 saturated carbocycles. The van der Waals surface area contributed by atoms with Gasteiger partial charge in [-0.3, -0.25) is 4.68 Å². The normalized spacial score (nSPS) is 11.7. The highest BCUT2D eigenvalue weighted by Gasteiger charge is 2.33. The molecule has 0 aliphatic heterocycles. The van der Waals surface area contributed by atoms with Gasteiger partial charge in [-0.15, -0.1) is 0 Å². The molecule has 3 rings (SSSR count). The standard InChI is InChI=1S/C13H10F3N5O2/c1-22-10-3-2-8(6-17-10)12-18-11(23-20-12)7-21-5-4-9(19-21)13(14,15)16/h2-6H,7H2,1H3. The van der Waals surface area contributed by atoms with Crippen LogP contribution in [0.2, 0.25) is 0 Å². The van der Waals surface area contributed by atoms with E-state index in [9.17, 15) is 13.2 Å². The Kier molecular flexibility index (Phi) is 3.72. The van der Waals surface area contributed by atoms with Crippen LogP contribution in [-0.2, 0) is 12.7 Å². The Balaban J connectivity index is 1.75. The highest BCUT2D eigenvalue weighted by atomic mass is 19.4. The molecule has 0 unspecified atom stereocenters. The molecule has 0 fully saturated rings. The molecule has 23 heavy (non-hydrogen) atoms. The Morgan fingerprint density at radius 3 is 2.70 bits per heavy atom. The summed E-state index contributed by atoms with van der Waals surface area (Å²) in [7, 11) is 1.49. The summed E-state index contributed by atoms with van der Waals surface area (Å²) in [6, 6.07) is 4.20. The fourth-order valence-electron chi connectivity index (χ4n) is 1.81. The van der Waals surface area contributed by atoms with E-state index in [0.29, 0.717) is 11.4 Å². The molecule has 0 amide bonds. The largest absolute Gasteiger partial charge is 0.481 e. The van der Waals surface area contributed by atoms with Gasteiger partial charge >= 0.3 is 6.18 Å². The third-order valence-corrected chi connectivity index (χ3v) is 2.90. The average molecular weight is 325 g/mol. The second-order valence-corrected chi connectivity index (χ2v) is 4.50. The van der Waals surface area contributed by atoms with Gasteiger partial charge in [-0.25, -0.2) is 4.98 Å². The van der Waals surface area contributed by atoms with Crippen LogP contribution in [0.25, 0.3) is 11.4 Å². The molecule has 0 spiro atoms. The minimum Gasteiger partial charge on any atom is -0.481 e. The van der Waals surface area contributed by atoms with Crippen molar-refractivity contribution in [3.63, 3.8) is 0 Å². The van der Waals surface area contributed by atoms with Crippen LogP contribution in [0.3, 0.4) is 0 Å². The molecule has 3 aromatic heterocycles. The van der Waals surface area contributed by atoms with Crippen molar-refractivity contribution in [1.29, 1.82) is 0 Å². The van der Waals surface area contributed by atoms with Gasteiger partial charge in [0, 0.05) is 24.0 Å². The number of aromatic nitrogens is 5. The maximum Gasteiger partial charge on any atom is 0.435 e. The Morgan fingerprint density at radius 2 is 2.09 bits per heavy atom. The maximum atomic E-state index is 12.5. The highest BCUT2D eigenvalue weighted by molar-refractivity contribution is 5.52. The zero-order chi connectivity index (χ0) is 16.4. The van der Waals surface area contributed by atoms with E-state index < -0.39 is 11.9 Å². The Labute approximate surface area is 127 Å². The van der Waals surface area contributed by atoms with E-state index in [1.54, 1.807) is 12.1 Å². The Morgan fingerprint density at radius 1 is 1.26 bits per heavy atom. The van der Waals surface area contributed by atoms with Gasteiger partial charge in [0.1, 0.15) is 6.54 Å². The molecule has 0 saturated heterocycles. The predicted molar refractivity (Wildman–Crippen MR) is 70.4 cm³/mol. The highest BCUT2D eigenvalue weighted by Crippen LogP contribution is 2.27. The number of pyridine rings is 1. The van der Waals surface area contributed by atoms with E-state index in [4.69, 9.17) is 9.26 Å². The molecule has 7 nitrogen and oxygen atoms in total. The molecule has 10 heteroatoms. The van der Waals surface area contributed by atoms with Crippen LogP contribution in [0.4, 0.5) is 13.2 Å². The average Bonchev–Trinajstić information content (AvgIpc) is 3.17. The fourth-order valence-corrected chi connectivity index (χ4v) is 1.81. The molecule has 0 radical (unpaired) electrons. The molecule has 0 N–H and O–H groups in total. The van der Waals surface area contributed by atoms with Crippen LogP contribution in [0.5, 0.6) is 5.88 Å². The third kappa shape index (κ3) is 3.30. The number of hydrogen-bond donors (Lipinski definition) is 0. The Hall–Kier alpha value is -2.91. The van der Waals surface area contributed by atoms with Crippen LogP contribution in [-0.4, -0.2) is 32.0 Å². The zero-order valence-corrected chi connectivity index (χ0v) is 11.8. The van der Waals surface area contributed by atoms with E-state index in [1.165, 1.54) is 19.5 Å². The van der Waals surface area contributed by atoms with Gasteiger partial charge in [-0.2, -0.15) is 23.3 Å². The molecule has 0 aliphatic carbocycles. The second-order valence-electron chi connectivity index (χ2n) is 4.50. The first-order valence-electron chi connectivity index (χ1n) is 6.39. The predicted octanol–water partition coefficient (Wildman–Crippen LogP) is 2.40.